The molecule has 0 unspecified atom stereocenters. The summed E-state index contributed by atoms with van der Waals surface area (Å²) in [6, 6.07) is 51.8. The summed E-state index contributed by atoms with van der Waals surface area (Å²) < 4.78 is 13.6. The highest BCUT2D eigenvalue weighted by Gasteiger charge is 2.18. The molecular formula is C43H23N3OS. The molecule has 0 spiro atoms. The van der Waals surface area contributed by atoms with E-state index in [-0.39, 0.29) is 0 Å². The lowest BCUT2D eigenvalue weighted by molar-refractivity contribution is 0.669. The van der Waals surface area contributed by atoms with Crippen LogP contribution in [0, 0.1) is 11.3 Å². The van der Waals surface area contributed by atoms with Crippen molar-refractivity contribution in [2.24, 2.45) is 0 Å². The number of benzene rings is 7. The van der Waals surface area contributed by atoms with E-state index < -0.39 is 0 Å². The van der Waals surface area contributed by atoms with Gasteiger partial charge in [0.1, 0.15) is 11.2 Å². The second kappa shape index (κ2) is 9.36. The largest absolute Gasteiger partial charge is 0.456 e. The fourth-order valence-electron chi connectivity index (χ4n) is 7.82. The number of furan rings is 1. The van der Waals surface area contributed by atoms with Crippen molar-refractivity contribution in [1.82, 2.24) is 9.13 Å². The van der Waals surface area contributed by atoms with Gasteiger partial charge in [0.15, 0.2) is 0 Å². The molecule has 0 aliphatic carbocycles. The molecule has 0 radical (unpaired) electrons. The van der Waals surface area contributed by atoms with Gasteiger partial charge in [-0.3, -0.25) is 0 Å². The van der Waals surface area contributed by atoms with Crippen molar-refractivity contribution in [3.8, 4) is 17.4 Å². The van der Waals surface area contributed by atoms with Gasteiger partial charge in [-0.15, -0.1) is 11.3 Å². The van der Waals surface area contributed by atoms with Crippen molar-refractivity contribution >= 4 is 97.1 Å². The standard InChI is InChI=1S/C43H23N3OS/c44-24-25-13-16-38-31(19-25)28-7-1-4-10-36(28)45(38)26-14-17-42-34(20-26)35-21-27(15-18-43(35)48-42)46-37-11-5-2-8-29(37)32-22-33-30-9-3-6-12-40(30)47-41(33)23-39(32)46/h1-23H. The summed E-state index contributed by atoms with van der Waals surface area (Å²) in [5, 5.41) is 19.0. The number of para-hydroxylation sites is 3. The number of rotatable bonds is 2. The van der Waals surface area contributed by atoms with Crippen LogP contribution in [0.5, 0.6) is 0 Å². The van der Waals surface area contributed by atoms with E-state index in [1.807, 2.05) is 35.6 Å². The Balaban J connectivity index is 1.17. The third kappa shape index (κ3) is 3.42. The molecule has 0 fully saturated rings. The minimum atomic E-state index is 0.670. The monoisotopic (exact) mass is 629 g/mol. The molecular weight excluding hydrogens is 607 g/mol. The molecule has 4 nitrogen and oxygen atoms in total. The minimum Gasteiger partial charge on any atom is -0.456 e. The number of nitriles is 1. The maximum absolute atomic E-state index is 9.61. The number of thiophene rings is 1. The Labute approximate surface area is 277 Å². The van der Waals surface area contributed by atoms with Gasteiger partial charge in [-0.05, 0) is 78.9 Å². The maximum Gasteiger partial charge on any atom is 0.137 e. The molecule has 0 bridgehead atoms. The summed E-state index contributed by atoms with van der Waals surface area (Å²) in [5.41, 5.74) is 9.22. The van der Waals surface area contributed by atoms with E-state index in [0.29, 0.717) is 5.56 Å². The Morgan fingerprint density at radius 1 is 0.438 bits per heavy atom. The highest BCUT2D eigenvalue weighted by atomic mass is 32.1. The van der Waals surface area contributed by atoms with Crippen LogP contribution in [0.15, 0.2) is 144 Å². The second-order valence-corrected chi connectivity index (χ2v) is 13.6. The first-order valence-corrected chi connectivity index (χ1v) is 16.8. The Bertz CT molecular complexity index is 3200. The number of hydrogen-bond acceptors (Lipinski definition) is 3. The summed E-state index contributed by atoms with van der Waals surface area (Å²) in [4.78, 5) is 0. The molecule has 0 N–H and O–H groups in total. The van der Waals surface area contributed by atoms with Crippen LogP contribution < -0.4 is 0 Å². The summed E-state index contributed by atoms with van der Waals surface area (Å²) >= 11 is 1.83. The number of hydrogen-bond donors (Lipinski definition) is 0. The molecule has 48 heavy (non-hydrogen) atoms. The van der Waals surface area contributed by atoms with E-state index in [4.69, 9.17) is 4.42 Å². The minimum absolute atomic E-state index is 0.670. The Hall–Kier alpha value is -6.35. The molecule has 0 aliphatic rings. The molecule has 0 saturated carbocycles. The quantitative estimate of drug-likeness (QED) is 0.191. The third-order valence-corrected chi connectivity index (χ3v) is 11.1. The predicted molar refractivity (Wildman–Crippen MR) is 200 cm³/mol. The van der Waals surface area contributed by atoms with Crippen molar-refractivity contribution in [3.05, 3.63) is 145 Å². The van der Waals surface area contributed by atoms with E-state index in [1.54, 1.807) is 0 Å². The van der Waals surface area contributed by atoms with E-state index in [9.17, 15) is 5.26 Å². The van der Waals surface area contributed by atoms with Crippen molar-refractivity contribution < 1.29 is 4.42 Å². The summed E-state index contributed by atoms with van der Waals surface area (Å²) in [6.45, 7) is 0. The zero-order valence-electron chi connectivity index (χ0n) is 25.4. The van der Waals surface area contributed by atoms with Gasteiger partial charge in [0, 0.05) is 69.9 Å². The normalized spacial score (nSPS) is 12.1. The summed E-state index contributed by atoms with van der Waals surface area (Å²) in [5.74, 6) is 0. The van der Waals surface area contributed by atoms with Crippen LogP contribution >= 0.6 is 11.3 Å². The second-order valence-electron chi connectivity index (χ2n) is 12.5. The zero-order chi connectivity index (χ0) is 31.5. The van der Waals surface area contributed by atoms with E-state index in [0.717, 1.165) is 60.6 Å². The molecule has 11 aromatic rings. The highest BCUT2D eigenvalue weighted by molar-refractivity contribution is 7.25. The smallest absolute Gasteiger partial charge is 0.137 e. The van der Waals surface area contributed by atoms with Crippen molar-refractivity contribution in [2.75, 3.05) is 0 Å². The Morgan fingerprint density at radius 2 is 1.02 bits per heavy atom. The topological polar surface area (TPSA) is 46.8 Å². The van der Waals surface area contributed by atoms with Crippen molar-refractivity contribution in [1.29, 1.82) is 5.26 Å². The van der Waals surface area contributed by atoms with E-state index in [1.165, 1.54) is 36.5 Å². The molecule has 0 saturated heterocycles. The van der Waals surface area contributed by atoms with E-state index >= 15 is 0 Å². The van der Waals surface area contributed by atoms with Crippen LogP contribution in [0.3, 0.4) is 0 Å². The van der Waals surface area contributed by atoms with Gasteiger partial charge in [-0.2, -0.15) is 5.26 Å². The Morgan fingerprint density at radius 3 is 1.71 bits per heavy atom. The predicted octanol–water partition coefficient (Wildman–Crippen LogP) is 12.0. The van der Waals surface area contributed by atoms with Gasteiger partial charge in [0.2, 0.25) is 0 Å². The molecule has 0 aliphatic heterocycles. The summed E-state index contributed by atoms with van der Waals surface area (Å²) in [7, 11) is 0. The van der Waals surface area contributed by atoms with Crippen molar-refractivity contribution in [2.45, 2.75) is 0 Å². The van der Waals surface area contributed by atoms with Gasteiger partial charge in [0.25, 0.3) is 0 Å². The van der Waals surface area contributed by atoms with Gasteiger partial charge < -0.3 is 13.6 Å². The van der Waals surface area contributed by atoms with Crippen LogP contribution in [-0.4, -0.2) is 9.13 Å². The Kier molecular flexibility index (Phi) is 5.03. The summed E-state index contributed by atoms with van der Waals surface area (Å²) in [6.07, 6.45) is 0. The highest BCUT2D eigenvalue weighted by Crippen LogP contribution is 2.42. The van der Waals surface area contributed by atoms with Crippen LogP contribution in [0.1, 0.15) is 5.56 Å². The molecule has 222 valence electrons. The number of aromatic nitrogens is 2. The molecule has 5 heteroatoms. The fourth-order valence-corrected chi connectivity index (χ4v) is 8.88. The first-order valence-electron chi connectivity index (χ1n) is 16.0. The molecule has 11 rings (SSSR count). The molecule has 4 aromatic heterocycles. The van der Waals surface area contributed by atoms with Crippen LogP contribution in [0.2, 0.25) is 0 Å². The van der Waals surface area contributed by atoms with E-state index in [2.05, 4.69) is 130 Å². The first kappa shape index (κ1) is 25.8. The SMILES string of the molecule is N#Cc1ccc2c(c1)c1ccccc1n2-c1ccc2sc3ccc(-n4c5ccccc5c5cc6c(cc54)oc4ccccc46)cc3c2c1. The van der Waals surface area contributed by atoms with Crippen LogP contribution in [0.25, 0.3) is 97.1 Å². The maximum atomic E-state index is 9.61. The van der Waals surface area contributed by atoms with Crippen LogP contribution in [-0.2, 0) is 0 Å². The zero-order valence-corrected chi connectivity index (χ0v) is 26.3. The third-order valence-electron chi connectivity index (χ3n) is 9.93. The average Bonchev–Trinajstić information content (AvgIpc) is 3.87. The van der Waals surface area contributed by atoms with Gasteiger partial charge in [0.05, 0.1) is 33.7 Å². The van der Waals surface area contributed by atoms with Crippen molar-refractivity contribution in [3.63, 3.8) is 0 Å². The number of nitrogens with zero attached hydrogens (tertiary/aromatic N) is 3. The van der Waals surface area contributed by atoms with Crippen LogP contribution in [0.4, 0.5) is 0 Å². The average molecular weight is 630 g/mol. The first-order chi connectivity index (χ1) is 23.7. The molecule has 4 heterocycles. The van der Waals surface area contributed by atoms with Gasteiger partial charge >= 0.3 is 0 Å². The number of fused-ring (bicyclic) bond motifs is 12. The lowest BCUT2D eigenvalue weighted by atomic mass is 10.1. The lowest BCUT2D eigenvalue weighted by Crippen LogP contribution is -1.94. The fraction of sp³-hybridized carbons (Fsp3) is 0. The molecule has 7 aromatic carbocycles. The molecule has 0 atom stereocenters. The van der Waals surface area contributed by atoms with Gasteiger partial charge in [-0.1, -0.05) is 54.6 Å². The molecule has 0 amide bonds. The van der Waals surface area contributed by atoms with Gasteiger partial charge in [-0.25, -0.2) is 0 Å². The lowest BCUT2D eigenvalue weighted by Gasteiger charge is -2.10.